The standard InChI is InChI=1S/C33H45F3N2/c1-8-20-27(18-33(34,35)36)37-25-14-11-13-23(25)29(20)32(6,7)17-19-16-24(19)30-21(9-2)28(31(3,4)5)22-12-10-15-26(22)38-30/h19,24H,8-18H2,1-7H3. The van der Waals surface area contributed by atoms with Gasteiger partial charge in [0.2, 0.25) is 0 Å². The minimum absolute atomic E-state index is 0.101. The van der Waals surface area contributed by atoms with Gasteiger partial charge in [0.05, 0.1) is 12.1 Å². The van der Waals surface area contributed by atoms with Gasteiger partial charge < -0.3 is 0 Å². The first-order valence-electron chi connectivity index (χ1n) is 14.9. The monoisotopic (exact) mass is 526 g/mol. The van der Waals surface area contributed by atoms with Crippen molar-refractivity contribution in [3.8, 4) is 0 Å². The number of aromatic nitrogens is 2. The highest BCUT2D eigenvalue weighted by atomic mass is 19.4. The number of aryl methyl sites for hydroxylation is 2. The average Bonchev–Trinajstić information content (AvgIpc) is 3.16. The van der Waals surface area contributed by atoms with Gasteiger partial charge >= 0.3 is 6.18 Å². The molecule has 0 bridgehead atoms. The number of hydrogen-bond acceptors (Lipinski definition) is 2. The Morgan fingerprint density at radius 3 is 1.89 bits per heavy atom. The molecule has 38 heavy (non-hydrogen) atoms. The smallest absolute Gasteiger partial charge is 0.257 e. The van der Waals surface area contributed by atoms with Gasteiger partial charge in [-0.05, 0) is 114 Å². The Balaban J connectivity index is 1.50. The van der Waals surface area contributed by atoms with E-state index in [1.165, 1.54) is 40.1 Å². The summed E-state index contributed by atoms with van der Waals surface area (Å²) in [5.41, 5.74) is 11.5. The third-order valence-corrected chi connectivity index (χ3v) is 9.32. The summed E-state index contributed by atoms with van der Waals surface area (Å²) in [6, 6.07) is 0. The molecule has 0 radical (unpaired) electrons. The van der Waals surface area contributed by atoms with Crippen molar-refractivity contribution in [1.82, 2.24) is 9.97 Å². The third-order valence-electron chi connectivity index (χ3n) is 9.32. The minimum Gasteiger partial charge on any atom is -0.257 e. The van der Waals surface area contributed by atoms with Crippen LogP contribution in [0.1, 0.15) is 136 Å². The van der Waals surface area contributed by atoms with Crippen molar-refractivity contribution in [2.75, 3.05) is 0 Å². The first kappa shape index (κ1) is 27.6. The minimum atomic E-state index is -4.24. The van der Waals surface area contributed by atoms with E-state index in [4.69, 9.17) is 4.98 Å². The molecule has 208 valence electrons. The zero-order valence-corrected chi connectivity index (χ0v) is 24.5. The maximum atomic E-state index is 13.5. The van der Waals surface area contributed by atoms with Crippen LogP contribution in [-0.2, 0) is 55.8 Å². The van der Waals surface area contributed by atoms with Gasteiger partial charge in [0.25, 0.3) is 0 Å². The molecule has 2 nitrogen and oxygen atoms in total. The van der Waals surface area contributed by atoms with Crippen LogP contribution in [0.4, 0.5) is 13.2 Å². The first-order valence-corrected chi connectivity index (χ1v) is 14.9. The topological polar surface area (TPSA) is 25.8 Å². The van der Waals surface area contributed by atoms with Gasteiger partial charge in [0.15, 0.2) is 0 Å². The predicted molar refractivity (Wildman–Crippen MR) is 148 cm³/mol. The molecular formula is C33H45F3N2. The highest BCUT2D eigenvalue weighted by molar-refractivity contribution is 5.50. The summed E-state index contributed by atoms with van der Waals surface area (Å²) in [6.07, 6.45) is 4.73. The van der Waals surface area contributed by atoms with Crippen LogP contribution in [0.5, 0.6) is 0 Å². The maximum absolute atomic E-state index is 13.5. The van der Waals surface area contributed by atoms with Gasteiger partial charge in [0, 0.05) is 23.0 Å². The van der Waals surface area contributed by atoms with Crippen LogP contribution in [0.25, 0.3) is 0 Å². The van der Waals surface area contributed by atoms with E-state index in [1.54, 1.807) is 5.56 Å². The lowest BCUT2D eigenvalue weighted by Gasteiger charge is -2.32. The number of alkyl halides is 3. The second-order valence-electron chi connectivity index (χ2n) is 13.8. The molecule has 5 rings (SSSR count). The molecule has 1 fully saturated rings. The zero-order chi connectivity index (χ0) is 27.6. The van der Waals surface area contributed by atoms with Crippen LogP contribution in [0.3, 0.4) is 0 Å². The molecule has 1 saturated carbocycles. The SMILES string of the molecule is CCc1c(C2CC2CC(C)(C)c2c(CC)c(CC(F)(F)F)nc3c2CCC3)nc2c(c1C(C)(C)C)CCC2. The van der Waals surface area contributed by atoms with Crippen molar-refractivity contribution in [1.29, 1.82) is 0 Å². The largest absolute Gasteiger partial charge is 0.394 e. The zero-order valence-electron chi connectivity index (χ0n) is 24.5. The molecular weight excluding hydrogens is 481 g/mol. The fourth-order valence-corrected chi connectivity index (χ4v) is 7.99. The van der Waals surface area contributed by atoms with E-state index in [0.717, 1.165) is 62.6 Å². The molecule has 5 heteroatoms. The Bertz CT molecular complexity index is 1230. The Hall–Kier alpha value is -1.91. The number of rotatable bonds is 7. The molecule has 2 aromatic rings. The number of halogens is 3. The molecule has 2 heterocycles. The van der Waals surface area contributed by atoms with E-state index in [9.17, 15) is 13.2 Å². The second-order valence-corrected chi connectivity index (χ2v) is 13.8. The van der Waals surface area contributed by atoms with Gasteiger partial charge in [-0.3, -0.25) is 9.97 Å². The molecule has 2 unspecified atom stereocenters. The number of fused-ring (bicyclic) bond motifs is 2. The lowest BCUT2D eigenvalue weighted by molar-refractivity contribution is -0.128. The molecule has 0 aliphatic heterocycles. The van der Waals surface area contributed by atoms with E-state index in [1.807, 2.05) is 6.92 Å². The van der Waals surface area contributed by atoms with E-state index < -0.39 is 12.6 Å². The Morgan fingerprint density at radius 1 is 0.763 bits per heavy atom. The molecule has 2 atom stereocenters. The Morgan fingerprint density at radius 2 is 1.34 bits per heavy atom. The highest BCUT2D eigenvalue weighted by Gasteiger charge is 2.46. The van der Waals surface area contributed by atoms with E-state index in [2.05, 4.69) is 46.5 Å². The van der Waals surface area contributed by atoms with Crippen LogP contribution in [0.15, 0.2) is 0 Å². The molecule has 2 aromatic heterocycles. The lowest BCUT2D eigenvalue weighted by atomic mass is 9.73. The number of pyridine rings is 2. The van der Waals surface area contributed by atoms with Crippen molar-refractivity contribution in [2.45, 2.75) is 142 Å². The number of nitrogens with zero attached hydrogens (tertiary/aromatic N) is 2. The van der Waals surface area contributed by atoms with Gasteiger partial charge in [-0.15, -0.1) is 0 Å². The molecule has 0 aromatic carbocycles. The van der Waals surface area contributed by atoms with Crippen molar-refractivity contribution in [2.24, 2.45) is 5.92 Å². The Kier molecular flexibility index (Phi) is 7.00. The highest BCUT2D eigenvalue weighted by Crippen LogP contribution is 2.56. The molecule has 0 amide bonds. The number of hydrogen-bond donors (Lipinski definition) is 0. The molecule has 3 aliphatic rings. The van der Waals surface area contributed by atoms with Gasteiger partial charge in [-0.2, -0.15) is 13.2 Å². The third kappa shape index (κ3) is 5.04. The Labute approximate surface area is 227 Å². The quantitative estimate of drug-likeness (QED) is 0.362. The van der Waals surface area contributed by atoms with E-state index in [-0.39, 0.29) is 16.5 Å². The fourth-order valence-electron chi connectivity index (χ4n) is 7.99. The molecule has 3 aliphatic carbocycles. The van der Waals surface area contributed by atoms with Gasteiger partial charge in [-0.25, -0.2) is 0 Å². The fraction of sp³-hybridized carbons (Fsp3) is 0.697. The summed E-state index contributed by atoms with van der Waals surface area (Å²) >= 11 is 0. The van der Waals surface area contributed by atoms with Crippen molar-refractivity contribution in [3.05, 3.63) is 56.2 Å². The van der Waals surface area contributed by atoms with Crippen LogP contribution in [0, 0.1) is 5.92 Å². The lowest BCUT2D eigenvalue weighted by Crippen LogP contribution is -2.26. The van der Waals surface area contributed by atoms with E-state index in [0.29, 0.717) is 18.3 Å². The van der Waals surface area contributed by atoms with Gasteiger partial charge in [-0.1, -0.05) is 48.5 Å². The molecule has 0 spiro atoms. The van der Waals surface area contributed by atoms with Gasteiger partial charge in [0.1, 0.15) is 0 Å². The first-order chi connectivity index (χ1) is 17.7. The van der Waals surface area contributed by atoms with Crippen molar-refractivity contribution < 1.29 is 13.2 Å². The van der Waals surface area contributed by atoms with Crippen molar-refractivity contribution in [3.63, 3.8) is 0 Å². The second kappa shape index (κ2) is 9.63. The van der Waals surface area contributed by atoms with Crippen molar-refractivity contribution >= 4 is 0 Å². The van der Waals surface area contributed by atoms with Crippen LogP contribution in [-0.4, -0.2) is 16.1 Å². The van der Waals surface area contributed by atoms with Crippen LogP contribution in [0.2, 0.25) is 0 Å². The predicted octanol–water partition coefficient (Wildman–Crippen LogP) is 8.45. The summed E-state index contributed by atoms with van der Waals surface area (Å²) in [7, 11) is 0. The van der Waals surface area contributed by atoms with Crippen LogP contribution >= 0.6 is 0 Å². The molecule has 0 saturated heterocycles. The normalized spacial score (nSPS) is 21.1. The summed E-state index contributed by atoms with van der Waals surface area (Å²) in [5, 5.41) is 0. The summed E-state index contributed by atoms with van der Waals surface area (Å²) in [4.78, 5) is 9.92. The van der Waals surface area contributed by atoms with Crippen LogP contribution < -0.4 is 0 Å². The summed E-state index contributed by atoms with van der Waals surface area (Å²) in [5.74, 6) is 0.988. The maximum Gasteiger partial charge on any atom is 0.394 e. The average molecular weight is 527 g/mol. The van der Waals surface area contributed by atoms with E-state index >= 15 is 0 Å². The summed E-state index contributed by atoms with van der Waals surface area (Å²) in [6.45, 7) is 15.8. The molecule has 0 N–H and O–H groups in total. The summed E-state index contributed by atoms with van der Waals surface area (Å²) < 4.78 is 40.6.